The van der Waals surface area contributed by atoms with Gasteiger partial charge < -0.3 is 9.88 Å². The van der Waals surface area contributed by atoms with Crippen molar-refractivity contribution in [2.45, 2.75) is 40.7 Å². The summed E-state index contributed by atoms with van der Waals surface area (Å²) in [6.07, 6.45) is 5.01. The Morgan fingerprint density at radius 1 is 1.43 bits per heavy atom. The number of nitrogens with one attached hydrogen (secondary N) is 1. The van der Waals surface area contributed by atoms with Crippen LogP contribution in [0.1, 0.15) is 34.1 Å². The summed E-state index contributed by atoms with van der Waals surface area (Å²) >= 11 is 0. The molecule has 0 aliphatic heterocycles. The van der Waals surface area contributed by atoms with Gasteiger partial charge in [-0.25, -0.2) is 4.98 Å². The fraction of sp³-hybridized carbons (Fsp3) is 0.727. The van der Waals surface area contributed by atoms with Crippen molar-refractivity contribution in [3.63, 3.8) is 0 Å². The summed E-state index contributed by atoms with van der Waals surface area (Å²) < 4.78 is 2.12. The van der Waals surface area contributed by atoms with E-state index >= 15 is 0 Å². The van der Waals surface area contributed by atoms with Crippen LogP contribution in [0.5, 0.6) is 0 Å². The summed E-state index contributed by atoms with van der Waals surface area (Å²) in [4.78, 5) is 4.28. The van der Waals surface area contributed by atoms with E-state index in [1.54, 1.807) is 0 Å². The molecule has 0 amide bonds. The molecule has 1 heterocycles. The second-order valence-corrected chi connectivity index (χ2v) is 4.41. The summed E-state index contributed by atoms with van der Waals surface area (Å²) in [7, 11) is 0. The Labute approximate surface area is 86.5 Å². The van der Waals surface area contributed by atoms with Crippen molar-refractivity contribution >= 4 is 5.95 Å². The van der Waals surface area contributed by atoms with Gasteiger partial charge in [-0.1, -0.05) is 20.8 Å². The molecule has 0 radical (unpaired) electrons. The van der Waals surface area contributed by atoms with Gasteiger partial charge in [-0.15, -0.1) is 0 Å². The summed E-state index contributed by atoms with van der Waals surface area (Å²) in [6.45, 7) is 10.8. The van der Waals surface area contributed by atoms with Crippen LogP contribution in [-0.2, 0) is 6.54 Å². The van der Waals surface area contributed by atoms with Crippen molar-refractivity contribution in [1.29, 1.82) is 0 Å². The molecule has 1 N–H and O–H groups in total. The maximum Gasteiger partial charge on any atom is 0.202 e. The molecule has 0 atom stereocenters. The quantitative estimate of drug-likeness (QED) is 0.783. The minimum atomic E-state index is 0.338. The Morgan fingerprint density at radius 2 is 2.14 bits per heavy atom. The summed E-state index contributed by atoms with van der Waals surface area (Å²) in [5, 5.41) is 3.39. The van der Waals surface area contributed by atoms with Crippen LogP contribution in [0.4, 0.5) is 5.95 Å². The van der Waals surface area contributed by atoms with E-state index in [0.29, 0.717) is 5.41 Å². The smallest absolute Gasteiger partial charge is 0.202 e. The SMILES string of the molecule is CCn1ccnc1NCC(C)(C)CC. The van der Waals surface area contributed by atoms with Crippen molar-refractivity contribution in [2.24, 2.45) is 5.41 Å². The third-order valence-corrected chi connectivity index (χ3v) is 2.74. The first-order valence-electron chi connectivity index (χ1n) is 5.34. The topological polar surface area (TPSA) is 29.9 Å². The second kappa shape index (κ2) is 4.49. The number of hydrogen-bond donors (Lipinski definition) is 1. The minimum absolute atomic E-state index is 0.338. The van der Waals surface area contributed by atoms with Gasteiger partial charge >= 0.3 is 0 Å². The van der Waals surface area contributed by atoms with Gasteiger partial charge in [0.25, 0.3) is 0 Å². The first kappa shape index (κ1) is 11.1. The van der Waals surface area contributed by atoms with Crippen LogP contribution in [0.3, 0.4) is 0 Å². The molecule has 0 aromatic carbocycles. The number of aromatic nitrogens is 2. The predicted molar refractivity (Wildman–Crippen MR) is 60.5 cm³/mol. The molecule has 0 unspecified atom stereocenters. The van der Waals surface area contributed by atoms with E-state index in [2.05, 4.69) is 42.6 Å². The number of anilines is 1. The first-order valence-corrected chi connectivity index (χ1v) is 5.34. The summed E-state index contributed by atoms with van der Waals surface area (Å²) in [5.74, 6) is 0.981. The van der Waals surface area contributed by atoms with Crippen LogP contribution in [-0.4, -0.2) is 16.1 Å². The average molecular weight is 195 g/mol. The zero-order valence-corrected chi connectivity index (χ0v) is 9.67. The van der Waals surface area contributed by atoms with Gasteiger partial charge in [-0.3, -0.25) is 0 Å². The standard InChI is InChI=1S/C11H21N3/c1-5-11(3,4)9-13-10-12-7-8-14(10)6-2/h7-8H,5-6,9H2,1-4H3,(H,12,13). The summed E-state index contributed by atoms with van der Waals surface area (Å²) in [5.41, 5.74) is 0.338. The molecule has 0 saturated heterocycles. The molecule has 0 bridgehead atoms. The molecule has 0 spiro atoms. The third kappa shape index (κ3) is 2.76. The normalized spacial score (nSPS) is 11.7. The predicted octanol–water partition coefficient (Wildman–Crippen LogP) is 2.75. The lowest BCUT2D eigenvalue weighted by atomic mass is 9.90. The van der Waals surface area contributed by atoms with Gasteiger partial charge in [0.2, 0.25) is 5.95 Å². The van der Waals surface area contributed by atoms with Crippen LogP contribution in [0.25, 0.3) is 0 Å². The number of hydrogen-bond acceptors (Lipinski definition) is 2. The van der Waals surface area contributed by atoms with E-state index in [0.717, 1.165) is 19.0 Å². The first-order chi connectivity index (χ1) is 6.59. The van der Waals surface area contributed by atoms with Crippen molar-refractivity contribution < 1.29 is 0 Å². The summed E-state index contributed by atoms with van der Waals surface area (Å²) in [6, 6.07) is 0. The fourth-order valence-corrected chi connectivity index (χ4v) is 1.17. The van der Waals surface area contributed by atoms with Crippen LogP contribution in [0, 0.1) is 5.41 Å². The molecular weight excluding hydrogens is 174 g/mol. The Kier molecular flexibility index (Phi) is 3.55. The monoisotopic (exact) mass is 195 g/mol. The van der Waals surface area contributed by atoms with Crippen molar-refractivity contribution in [1.82, 2.24) is 9.55 Å². The lowest BCUT2D eigenvalue weighted by molar-refractivity contribution is 0.375. The van der Waals surface area contributed by atoms with Gasteiger partial charge in [-0.05, 0) is 18.8 Å². The molecule has 1 aromatic heterocycles. The molecule has 0 aliphatic carbocycles. The van der Waals surface area contributed by atoms with Gasteiger partial charge in [0, 0.05) is 25.5 Å². The Bertz CT molecular complexity index is 276. The molecular formula is C11H21N3. The molecule has 3 heteroatoms. The van der Waals surface area contributed by atoms with Crippen LogP contribution in [0.15, 0.2) is 12.4 Å². The van der Waals surface area contributed by atoms with Crippen LogP contribution < -0.4 is 5.32 Å². The van der Waals surface area contributed by atoms with E-state index in [9.17, 15) is 0 Å². The average Bonchev–Trinajstić information content (AvgIpc) is 2.62. The lowest BCUT2D eigenvalue weighted by Crippen LogP contribution is -2.23. The van der Waals surface area contributed by atoms with E-state index in [1.807, 2.05) is 12.4 Å². The number of nitrogens with zero attached hydrogens (tertiary/aromatic N) is 2. The second-order valence-electron chi connectivity index (χ2n) is 4.41. The highest BCUT2D eigenvalue weighted by molar-refractivity contribution is 5.26. The lowest BCUT2D eigenvalue weighted by Gasteiger charge is -2.23. The van der Waals surface area contributed by atoms with Crippen molar-refractivity contribution in [3.05, 3.63) is 12.4 Å². The molecule has 3 nitrogen and oxygen atoms in total. The zero-order chi connectivity index (χ0) is 10.6. The van der Waals surface area contributed by atoms with Crippen molar-refractivity contribution in [2.75, 3.05) is 11.9 Å². The minimum Gasteiger partial charge on any atom is -0.355 e. The Hall–Kier alpha value is -0.990. The number of rotatable bonds is 5. The molecule has 0 fully saturated rings. The highest BCUT2D eigenvalue weighted by Gasteiger charge is 2.15. The zero-order valence-electron chi connectivity index (χ0n) is 9.67. The van der Waals surface area contributed by atoms with Crippen LogP contribution >= 0.6 is 0 Å². The molecule has 1 aromatic rings. The molecule has 14 heavy (non-hydrogen) atoms. The van der Waals surface area contributed by atoms with Crippen LogP contribution in [0.2, 0.25) is 0 Å². The van der Waals surface area contributed by atoms with Crippen molar-refractivity contribution in [3.8, 4) is 0 Å². The number of imidazole rings is 1. The highest BCUT2D eigenvalue weighted by Crippen LogP contribution is 2.19. The Morgan fingerprint density at radius 3 is 2.71 bits per heavy atom. The third-order valence-electron chi connectivity index (χ3n) is 2.74. The number of aryl methyl sites for hydroxylation is 1. The van der Waals surface area contributed by atoms with Gasteiger partial charge in [-0.2, -0.15) is 0 Å². The molecule has 1 rings (SSSR count). The van der Waals surface area contributed by atoms with E-state index < -0.39 is 0 Å². The maximum atomic E-state index is 4.28. The molecule has 0 saturated carbocycles. The van der Waals surface area contributed by atoms with Gasteiger partial charge in [0.05, 0.1) is 0 Å². The maximum absolute atomic E-state index is 4.28. The highest BCUT2D eigenvalue weighted by atomic mass is 15.2. The molecule has 80 valence electrons. The fourth-order valence-electron chi connectivity index (χ4n) is 1.17. The molecule has 0 aliphatic rings. The van der Waals surface area contributed by atoms with E-state index in [4.69, 9.17) is 0 Å². The van der Waals surface area contributed by atoms with Gasteiger partial charge in [0.15, 0.2) is 0 Å². The van der Waals surface area contributed by atoms with Gasteiger partial charge in [0.1, 0.15) is 0 Å². The largest absolute Gasteiger partial charge is 0.355 e. The Balaban J connectivity index is 2.53. The van der Waals surface area contributed by atoms with E-state index in [1.165, 1.54) is 6.42 Å². The van der Waals surface area contributed by atoms with E-state index in [-0.39, 0.29) is 0 Å².